The number of benzene rings is 1. The minimum atomic E-state index is -0.741. The topological polar surface area (TPSA) is 40.5 Å². The van der Waals surface area contributed by atoms with E-state index in [-0.39, 0.29) is 11.7 Å². The van der Waals surface area contributed by atoms with Gasteiger partial charge in [0, 0.05) is 13.1 Å². The fourth-order valence-electron chi connectivity index (χ4n) is 2.07. The Kier molecular flexibility index (Phi) is 3.79. The zero-order valence-corrected chi connectivity index (χ0v) is 10.8. The van der Waals surface area contributed by atoms with Crippen molar-refractivity contribution in [3.05, 3.63) is 34.1 Å². The number of likely N-dealkylation sites (tertiary alicyclic amines) is 1. The second-order valence-electron chi connectivity index (χ2n) is 4.31. The molecule has 1 aliphatic rings. The third kappa shape index (κ3) is 3.04. The first-order chi connectivity index (χ1) is 8.06. The SMILES string of the molecule is O=C(O)C1CCN(Cc2ccc(Br)c(F)c2)C1. The summed E-state index contributed by atoms with van der Waals surface area (Å²) in [7, 11) is 0. The fourth-order valence-corrected chi connectivity index (χ4v) is 2.32. The number of hydrogen-bond donors (Lipinski definition) is 1. The van der Waals surface area contributed by atoms with Gasteiger partial charge in [-0.15, -0.1) is 0 Å². The van der Waals surface area contributed by atoms with Gasteiger partial charge in [-0.1, -0.05) is 6.07 Å². The van der Waals surface area contributed by atoms with Crippen LogP contribution in [-0.4, -0.2) is 29.1 Å². The highest BCUT2D eigenvalue weighted by molar-refractivity contribution is 9.10. The third-order valence-electron chi connectivity index (χ3n) is 3.01. The Hall–Kier alpha value is -0.940. The summed E-state index contributed by atoms with van der Waals surface area (Å²) in [4.78, 5) is 12.8. The molecule has 17 heavy (non-hydrogen) atoms. The zero-order chi connectivity index (χ0) is 12.4. The summed E-state index contributed by atoms with van der Waals surface area (Å²) in [5.41, 5.74) is 0.872. The van der Waals surface area contributed by atoms with E-state index in [0.717, 1.165) is 12.1 Å². The molecule has 1 N–H and O–H groups in total. The lowest BCUT2D eigenvalue weighted by atomic mass is 10.1. The summed E-state index contributed by atoms with van der Waals surface area (Å²) >= 11 is 3.10. The lowest BCUT2D eigenvalue weighted by molar-refractivity contribution is -0.141. The average molecular weight is 302 g/mol. The van der Waals surface area contributed by atoms with Gasteiger partial charge in [0.1, 0.15) is 5.82 Å². The molecule has 5 heteroatoms. The molecule has 0 aliphatic carbocycles. The Morgan fingerprint density at radius 3 is 2.94 bits per heavy atom. The van der Waals surface area contributed by atoms with Crippen LogP contribution in [0, 0.1) is 11.7 Å². The maximum atomic E-state index is 13.3. The molecule has 1 fully saturated rings. The standard InChI is InChI=1S/C12H13BrFNO2/c13-10-2-1-8(5-11(10)14)6-15-4-3-9(7-15)12(16)17/h1-2,5,9H,3-4,6-7H2,(H,16,17). The summed E-state index contributed by atoms with van der Waals surface area (Å²) < 4.78 is 13.7. The minimum absolute atomic E-state index is 0.281. The van der Waals surface area contributed by atoms with E-state index < -0.39 is 5.97 Å². The van der Waals surface area contributed by atoms with Gasteiger partial charge in [0.25, 0.3) is 0 Å². The first-order valence-electron chi connectivity index (χ1n) is 5.45. The maximum absolute atomic E-state index is 13.3. The summed E-state index contributed by atoms with van der Waals surface area (Å²) in [6, 6.07) is 5.01. The molecule has 1 saturated heterocycles. The number of aliphatic carboxylic acids is 1. The zero-order valence-electron chi connectivity index (χ0n) is 9.20. The van der Waals surface area contributed by atoms with Crippen LogP contribution in [0.2, 0.25) is 0 Å². The van der Waals surface area contributed by atoms with E-state index in [1.807, 2.05) is 11.0 Å². The van der Waals surface area contributed by atoms with Crippen molar-refractivity contribution in [2.45, 2.75) is 13.0 Å². The van der Waals surface area contributed by atoms with Crippen molar-refractivity contribution in [1.82, 2.24) is 4.90 Å². The number of carbonyl (C=O) groups is 1. The van der Waals surface area contributed by atoms with Crippen LogP contribution in [0.4, 0.5) is 4.39 Å². The molecule has 0 spiro atoms. The summed E-state index contributed by atoms with van der Waals surface area (Å²) in [6.45, 7) is 1.91. The lowest BCUT2D eigenvalue weighted by Gasteiger charge is -2.15. The molecule has 2 rings (SSSR count). The largest absolute Gasteiger partial charge is 0.481 e. The maximum Gasteiger partial charge on any atom is 0.307 e. The van der Waals surface area contributed by atoms with Gasteiger partial charge in [0.05, 0.1) is 10.4 Å². The Labute approximate surface area is 107 Å². The molecule has 0 amide bonds. The molecule has 1 aromatic carbocycles. The molecule has 1 atom stereocenters. The molecule has 0 radical (unpaired) electrons. The van der Waals surface area contributed by atoms with E-state index in [2.05, 4.69) is 15.9 Å². The van der Waals surface area contributed by atoms with Crippen LogP contribution in [0.5, 0.6) is 0 Å². The second-order valence-corrected chi connectivity index (χ2v) is 5.16. The third-order valence-corrected chi connectivity index (χ3v) is 3.65. The number of carboxylic acids is 1. The van der Waals surface area contributed by atoms with Crippen LogP contribution in [-0.2, 0) is 11.3 Å². The van der Waals surface area contributed by atoms with Gasteiger partial charge in [-0.25, -0.2) is 4.39 Å². The Morgan fingerprint density at radius 2 is 2.35 bits per heavy atom. The highest BCUT2D eigenvalue weighted by Gasteiger charge is 2.27. The smallest absolute Gasteiger partial charge is 0.307 e. The molecule has 3 nitrogen and oxygen atoms in total. The molecular weight excluding hydrogens is 289 g/mol. The number of halogens is 2. The van der Waals surface area contributed by atoms with Crippen molar-refractivity contribution in [3.63, 3.8) is 0 Å². The normalized spacial score (nSPS) is 20.7. The van der Waals surface area contributed by atoms with Crippen molar-refractivity contribution < 1.29 is 14.3 Å². The second kappa shape index (κ2) is 5.14. The van der Waals surface area contributed by atoms with Crippen LogP contribution in [0.1, 0.15) is 12.0 Å². The summed E-state index contributed by atoms with van der Waals surface area (Å²) in [6.07, 6.45) is 0.675. The van der Waals surface area contributed by atoms with E-state index in [4.69, 9.17) is 5.11 Å². The molecule has 0 saturated carbocycles. The van der Waals surface area contributed by atoms with Crippen LogP contribution in [0.3, 0.4) is 0 Å². The number of carboxylic acid groups (broad SMARTS) is 1. The van der Waals surface area contributed by atoms with Gasteiger partial charge >= 0.3 is 5.97 Å². The molecule has 0 bridgehead atoms. The first kappa shape index (κ1) is 12.5. The highest BCUT2D eigenvalue weighted by atomic mass is 79.9. The van der Waals surface area contributed by atoms with E-state index in [0.29, 0.717) is 24.0 Å². The van der Waals surface area contributed by atoms with Gasteiger partial charge < -0.3 is 5.11 Å². The van der Waals surface area contributed by atoms with Crippen molar-refractivity contribution in [2.75, 3.05) is 13.1 Å². The molecule has 92 valence electrons. The predicted molar refractivity (Wildman–Crippen MR) is 65.1 cm³/mol. The average Bonchev–Trinajstić information content (AvgIpc) is 2.72. The Morgan fingerprint density at radius 1 is 1.59 bits per heavy atom. The molecule has 1 aliphatic heterocycles. The van der Waals surface area contributed by atoms with Crippen LogP contribution < -0.4 is 0 Å². The van der Waals surface area contributed by atoms with Gasteiger partial charge in [0.15, 0.2) is 0 Å². The minimum Gasteiger partial charge on any atom is -0.481 e. The molecule has 1 aromatic rings. The summed E-state index contributed by atoms with van der Waals surface area (Å²) in [5, 5.41) is 8.88. The molecule has 0 aromatic heterocycles. The summed E-state index contributed by atoms with van der Waals surface area (Å²) in [5.74, 6) is -1.30. The van der Waals surface area contributed by atoms with E-state index in [1.54, 1.807) is 6.07 Å². The molecule has 1 heterocycles. The monoisotopic (exact) mass is 301 g/mol. The van der Waals surface area contributed by atoms with E-state index in [1.165, 1.54) is 6.07 Å². The van der Waals surface area contributed by atoms with Gasteiger partial charge in [-0.2, -0.15) is 0 Å². The van der Waals surface area contributed by atoms with Gasteiger partial charge in [-0.3, -0.25) is 9.69 Å². The van der Waals surface area contributed by atoms with Gasteiger partial charge in [-0.05, 0) is 46.6 Å². The molecular formula is C12H13BrFNO2. The predicted octanol–water partition coefficient (Wildman–Crippen LogP) is 2.49. The van der Waals surface area contributed by atoms with Crippen LogP contribution in [0.25, 0.3) is 0 Å². The fraction of sp³-hybridized carbons (Fsp3) is 0.417. The van der Waals surface area contributed by atoms with Gasteiger partial charge in [0.2, 0.25) is 0 Å². The number of nitrogens with zero attached hydrogens (tertiary/aromatic N) is 1. The Balaban J connectivity index is 1.98. The first-order valence-corrected chi connectivity index (χ1v) is 6.24. The van der Waals surface area contributed by atoms with Crippen molar-refractivity contribution in [3.8, 4) is 0 Å². The van der Waals surface area contributed by atoms with Crippen LogP contribution in [0.15, 0.2) is 22.7 Å². The number of rotatable bonds is 3. The number of hydrogen-bond acceptors (Lipinski definition) is 2. The quantitative estimate of drug-likeness (QED) is 0.932. The van der Waals surface area contributed by atoms with E-state index in [9.17, 15) is 9.18 Å². The lowest BCUT2D eigenvalue weighted by Crippen LogP contribution is -2.22. The van der Waals surface area contributed by atoms with Crippen molar-refractivity contribution in [2.24, 2.45) is 5.92 Å². The van der Waals surface area contributed by atoms with E-state index >= 15 is 0 Å². The molecule has 1 unspecified atom stereocenters. The van der Waals surface area contributed by atoms with Crippen LogP contribution >= 0.6 is 15.9 Å². The highest BCUT2D eigenvalue weighted by Crippen LogP contribution is 2.21. The van der Waals surface area contributed by atoms with Crippen molar-refractivity contribution >= 4 is 21.9 Å². The van der Waals surface area contributed by atoms with Crippen molar-refractivity contribution in [1.29, 1.82) is 0 Å². The Bertz CT molecular complexity index is 439.